The Balaban J connectivity index is 2.19. The largest absolute Gasteiger partial charge is 0.479 e. The van der Waals surface area contributed by atoms with Crippen LogP contribution in [0.1, 0.15) is 33.1 Å². The van der Waals surface area contributed by atoms with Gasteiger partial charge < -0.3 is 15.8 Å². The molecule has 1 unspecified atom stereocenters. The summed E-state index contributed by atoms with van der Waals surface area (Å²) in [5.41, 5.74) is 6.71. The number of methoxy groups -OCH3 is 1. The highest BCUT2D eigenvalue weighted by Gasteiger charge is 2.35. The number of rotatable bonds is 3. The first-order valence-corrected chi connectivity index (χ1v) is 5.95. The van der Waals surface area contributed by atoms with Crippen LogP contribution in [0.4, 0.5) is 11.5 Å². The summed E-state index contributed by atoms with van der Waals surface area (Å²) in [6.45, 7) is 4.54. The van der Waals surface area contributed by atoms with Gasteiger partial charge in [0, 0.05) is 6.04 Å². The molecular formula is C12H20N4O. The van der Waals surface area contributed by atoms with Crippen LogP contribution in [0.15, 0.2) is 6.33 Å². The molecule has 1 aliphatic rings. The predicted octanol–water partition coefficient (Wildman–Crippen LogP) is 2.06. The van der Waals surface area contributed by atoms with E-state index in [9.17, 15) is 0 Å². The molecule has 1 heterocycles. The zero-order chi connectivity index (χ0) is 12.5. The van der Waals surface area contributed by atoms with Crippen molar-refractivity contribution in [2.45, 2.75) is 39.2 Å². The van der Waals surface area contributed by atoms with Gasteiger partial charge in [0.15, 0.2) is 5.82 Å². The second kappa shape index (κ2) is 4.39. The summed E-state index contributed by atoms with van der Waals surface area (Å²) in [5, 5.41) is 3.42. The van der Waals surface area contributed by atoms with E-state index in [0.29, 0.717) is 23.4 Å². The van der Waals surface area contributed by atoms with Crippen molar-refractivity contribution in [3.05, 3.63) is 6.33 Å². The summed E-state index contributed by atoms with van der Waals surface area (Å²) in [7, 11) is 1.56. The highest BCUT2D eigenvalue weighted by atomic mass is 16.5. The Morgan fingerprint density at radius 2 is 2.24 bits per heavy atom. The molecule has 2 rings (SSSR count). The van der Waals surface area contributed by atoms with Crippen molar-refractivity contribution >= 4 is 11.5 Å². The van der Waals surface area contributed by atoms with Crippen LogP contribution in [0.3, 0.4) is 0 Å². The van der Waals surface area contributed by atoms with Crippen molar-refractivity contribution < 1.29 is 4.74 Å². The summed E-state index contributed by atoms with van der Waals surface area (Å²) >= 11 is 0. The van der Waals surface area contributed by atoms with Gasteiger partial charge in [-0.3, -0.25) is 0 Å². The Kier molecular flexibility index (Phi) is 3.09. The van der Waals surface area contributed by atoms with Gasteiger partial charge >= 0.3 is 0 Å². The van der Waals surface area contributed by atoms with Gasteiger partial charge in [-0.25, -0.2) is 4.98 Å². The Morgan fingerprint density at radius 3 is 2.82 bits per heavy atom. The number of ether oxygens (including phenoxy) is 1. The highest BCUT2D eigenvalue weighted by molar-refractivity contribution is 5.66. The van der Waals surface area contributed by atoms with Crippen LogP contribution in [-0.4, -0.2) is 23.1 Å². The maximum absolute atomic E-state index is 5.95. The van der Waals surface area contributed by atoms with Crippen molar-refractivity contribution in [3.8, 4) is 5.88 Å². The van der Waals surface area contributed by atoms with Crippen molar-refractivity contribution in [2.75, 3.05) is 18.2 Å². The third-order valence-electron chi connectivity index (χ3n) is 3.61. The molecule has 1 atom stereocenters. The zero-order valence-electron chi connectivity index (χ0n) is 10.7. The molecule has 0 saturated heterocycles. The minimum Gasteiger partial charge on any atom is -0.479 e. The van der Waals surface area contributed by atoms with Gasteiger partial charge in [-0.05, 0) is 18.3 Å². The second-order valence-corrected chi connectivity index (χ2v) is 5.22. The van der Waals surface area contributed by atoms with Gasteiger partial charge in [0.2, 0.25) is 5.88 Å². The fourth-order valence-electron chi connectivity index (χ4n) is 2.42. The quantitative estimate of drug-likeness (QED) is 0.840. The molecule has 1 fully saturated rings. The number of hydrogen-bond donors (Lipinski definition) is 2. The molecule has 5 heteroatoms. The van der Waals surface area contributed by atoms with Crippen LogP contribution in [-0.2, 0) is 0 Å². The average Bonchev–Trinajstić information content (AvgIpc) is 2.61. The first kappa shape index (κ1) is 12.0. The summed E-state index contributed by atoms with van der Waals surface area (Å²) in [4.78, 5) is 8.16. The minimum atomic E-state index is 0.282. The Bertz CT molecular complexity index is 405. The Labute approximate surface area is 102 Å². The molecule has 1 aromatic heterocycles. The SMILES string of the molecule is COc1ncnc(NC2CCCC2(C)C)c1N. The molecule has 0 aromatic carbocycles. The number of hydrogen-bond acceptors (Lipinski definition) is 5. The van der Waals surface area contributed by atoms with Crippen molar-refractivity contribution in [3.63, 3.8) is 0 Å². The third-order valence-corrected chi connectivity index (χ3v) is 3.61. The van der Waals surface area contributed by atoms with E-state index < -0.39 is 0 Å². The highest BCUT2D eigenvalue weighted by Crippen LogP contribution is 2.39. The van der Waals surface area contributed by atoms with Crippen LogP contribution in [0.5, 0.6) is 5.88 Å². The fraction of sp³-hybridized carbons (Fsp3) is 0.667. The van der Waals surface area contributed by atoms with E-state index in [1.165, 1.54) is 19.2 Å². The standard InChI is InChI=1S/C12H20N4O/c1-12(2)6-4-5-8(12)16-10-9(13)11(17-3)15-7-14-10/h7-8H,4-6,13H2,1-3H3,(H,14,15,16). The zero-order valence-corrected chi connectivity index (χ0v) is 10.7. The van der Waals surface area contributed by atoms with Crippen LogP contribution < -0.4 is 15.8 Å². The van der Waals surface area contributed by atoms with Crippen molar-refractivity contribution in [2.24, 2.45) is 5.41 Å². The average molecular weight is 236 g/mol. The van der Waals surface area contributed by atoms with Crippen LogP contribution in [0.2, 0.25) is 0 Å². The lowest BCUT2D eigenvalue weighted by molar-refractivity contribution is 0.349. The van der Waals surface area contributed by atoms with Gasteiger partial charge in [-0.1, -0.05) is 20.3 Å². The van der Waals surface area contributed by atoms with E-state index in [-0.39, 0.29) is 5.41 Å². The first-order chi connectivity index (χ1) is 8.04. The van der Waals surface area contributed by atoms with E-state index in [0.717, 1.165) is 6.42 Å². The monoisotopic (exact) mass is 236 g/mol. The van der Waals surface area contributed by atoms with E-state index in [1.807, 2.05) is 0 Å². The molecule has 0 radical (unpaired) electrons. The molecule has 0 amide bonds. The minimum absolute atomic E-state index is 0.282. The number of nitrogens with zero attached hydrogens (tertiary/aromatic N) is 2. The second-order valence-electron chi connectivity index (χ2n) is 5.22. The molecular weight excluding hydrogens is 216 g/mol. The lowest BCUT2D eigenvalue weighted by atomic mass is 9.87. The van der Waals surface area contributed by atoms with Gasteiger partial charge in [-0.2, -0.15) is 4.98 Å². The molecule has 1 aromatic rings. The van der Waals surface area contributed by atoms with Crippen LogP contribution in [0, 0.1) is 5.41 Å². The summed E-state index contributed by atoms with van der Waals surface area (Å²) in [6.07, 6.45) is 5.10. The fourth-order valence-corrected chi connectivity index (χ4v) is 2.42. The first-order valence-electron chi connectivity index (χ1n) is 5.95. The summed E-state index contributed by atoms with van der Waals surface area (Å²) < 4.78 is 5.09. The molecule has 17 heavy (non-hydrogen) atoms. The Hall–Kier alpha value is -1.52. The molecule has 1 saturated carbocycles. The van der Waals surface area contributed by atoms with Crippen molar-refractivity contribution in [1.29, 1.82) is 0 Å². The summed E-state index contributed by atoms with van der Waals surface area (Å²) in [5.74, 6) is 1.11. The van der Waals surface area contributed by atoms with E-state index in [4.69, 9.17) is 10.5 Å². The van der Waals surface area contributed by atoms with Crippen molar-refractivity contribution in [1.82, 2.24) is 9.97 Å². The number of anilines is 2. The van der Waals surface area contributed by atoms with E-state index >= 15 is 0 Å². The Morgan fingerprint density at radius 1 is 1.47 bits per heavy atom. The predicted molar refractivity (Wildman–Crippen MR) is 68.0 cm³/mol. The molecule has 1 aliphatic carbocycles. The maximum Gasteiger partial charge on any atom is 0.242 e. The van der Waals surface area contributed by atoms with Gasteiger partial charge in [0.05, 0.1) is 7.11 Å². The normalized spacial score (nSPS) is 22.4. The number of nitrogens with two attached hydrogens (primary N) is 1. The molecule has 0 spiro atoms. The topological polar surface area (TPSA) is 73.1 Å². The molecule has 94 valence electrons. The number of aromatic nitrogens is 2. The van der Waals surface area contributed by atoms with Crippen LogP contribution >= 0.6 is 0 Å². The summed E-state index contributed by atoms with van der Waals surface area (Å²) in [6, 6.07) is 0.407. The van der Waals surface area contributed by atoms with E-state index in [2.05, 4.69) is 29.1 Å². The molecule has 5 nitrogen and oxygen atoms in total. The number of nitrogen functional groups attached to an aromatic ring is 1. The maximum atomic E-state index is 5.95. The molecule has 0 bridgehead atoms. The van der Waals surface area contributed by atoms with Gasteiger partial charge in [0.1, 0.15) is 12.0 Å². The van der Waals surface area contributed by atoms with Crippen LogP contribution in [0.25, 0.3) is 0 Å². The number of nitrogens with one attached hydrogen (secondary N) is 1. The molecule has 0 aliphatic heterocycles. The van der Waals surface area contributed by atoms with Gasteiger partial charge in [-0.15, -0.1) is 0 Å². The van der Waals surface area contributed by atoms with E-state index in [1.54, 1.807) is 7.11 Å². The third kappa shape index (κ3) is 2.28. The smallest absolute Gasteiger partial charge is 0.242 e. The van der Waals surface area contributed by atoms with Gasteiger partial charge in [0.25, 0.3) is 0 Å². The lowest BCUT2D eigenvalue weighted by Crippen LogP contribution is -2.31. The molecule has 3 N–H and O–H groups in total. The lowest BCUT2D eigenvalue weighted by Gasteiger charge is -2.28.